The van der Waals surface area contributed by atoms with Crippen molar-refractivity contribution in [1.29, 1.82) is 0 Å². The molecule has 1 fully saturated rings. The van der Waals surface area contributed by atoms with Gasteiger partial charge in [-0.05, 0) is 25.2 Å². The van der Waals surface area contributed by atoms with E-state index in [1.54, 1.807) is 0 Å². The van der Waals surface area contributed by atoms with Crippen LogP contribution in [-0.4, -0.2) is 35.0 Å². The highest BCUT2D eigenvalue weighted by molar-refractivity contribution is 4.94. The van der Waals surface area contributed by atoms with Gasteiger partial charge in [0.25, 0.3) is 0 Å². The van der Waals surface area contributed by atoms with E-state index in [1.807, 2.05) is 6.92 Å². The Labute approximate surface area is 92.9 Å². The number of aliphatic hydroxyl groups excluding tert-OH is 2. The molecular formula is C12H25NO2. The van der Waals surface area contributed by atoms with E-state index in [2.05, 4.69) is 19.2 Å². The largest absolute Gasteiger partial charge is 0.394 e. The highest BCUT2D eigenvalue weighted by Gasteiger charge is 2.36. The molecule has 0 aromatic rings. The van der Waals surface area contributed by atoms with Crippen molar-refractivity contribution in [3.63, 3.8) is 0 Å². The fraction of sp³-hybridized carbons (Fsp3) is 1.00. The van der Waals surface area contributed by atoms with Crippen molar-refractivity contribution < 1.29 is 10.2 Å². The first-order chi connectivity index (χ1) is 6.93. The van der Waals surface area contributed by atoms with Crippen LogP contribution in [0.5, 0.6) is 0 Å². The normalized spacial score (nSPS) is 26.6. The van der Waals surface area contributed by atoms with Gasteiger partial charge in [-0.2, -0.15) is 0 Å². The van der Waals surface area contributed by atoms with Gasteiger partial charge in [0, 0.05) is 6.04 Å². The summed E-state index contributed by atoms with van der Waals surface area (Å²) < 4.78 is 0. The van der Waals surface area contributed by atoms with Gasteiger partial charge in [-0.15, -0.1) is 0 Å². The van der Waals surface area contributed by atoms with Gasteiger partial charge >= 0.3 is 0 Å². The van der Waals surface area contributed by atoms with Gasteiger partial charge in [0.05, 0.1) is 18.8 Å². The summed E-state index contributed by atoms with van der Waals surface area (Å²) in [7, 11) is 0. The molecule has 90 valence electrons. The molecular weight excluding hydrogens is 190 g/mol. The van der Waals surface area contributed by atoms with Crippen molar-refractivity contribution in [2.24, 2.45) is 5.41 Å². The second kappa shape index (κ2) is 4.81. The molecule has 15 heavy (non-hydrogen) atoms. The van der Waals surface area contributed by atoms with Gasteiger partial charge in [-0.1, -0.05) is 26.7 Å². The van der Waals surface area contributed by atoms with Crippen molar-refractivity contribution in [3.05, 3.63) is 0 Å². The van der Waals surface area contributed by atoms with Crippen LogP contribution in [0.4, 0.5) is 0 Å². The summed E-state index contributed by atoms with van der Waals surface area (Å²) >= 11 is 0. The number of hydrogen-bond donors (Lipinski definition) is 3. The molecule has 1 rings (SSSR count). The predicted molar refractivity (Wildman–Crippen MR) is 61.7 cm³/mol. The molecule has 0 radical (unpaired) electrons. The number of nitrogens with one attached hydrogen (secondary N) is 1. The Balaban J connectivity index is 2.62. The highest BCUT2D eigenvalue weighted by Crippen LogP contribution is 2.36. The van der Waals surface area contributed by atoms with E-state index in [-0.39, 0.29) is 18.6 Å². The Bertz CT molecular complexity index is 200. The van der Waals surface area contributed by atoms with E-state index < -0.39 is 5.54 Å². The quantitative estimate of drug-likeness (QED) is 0.662. The molecule has 0 aromatic heterocycles. The van der Waals surface area contributed by atoms with E-state index in [9.17, 15) is 10.2 Å². The Morgan fingerprint density at radius 2 is 1.87 bits per heavy atom. The molecule has 3 heteroatoms. The molecule has 0 spiro atoms. The first kappa shape index (κ1) is 12.9. The highest BCUT2D eigenvalue weighted by atomic mass is 16.3. The zero-order valence-corrected chi connectivity index (χ0v) is 10.2. The van der Waals surface area contributed by atoms with Crippen LogP contribution in [0.2, 0.25) is 0 Å². The number of rotatable bonds is 4. The van der Waals surface area contributed by atoms with Gasteiger partial charge in [0.1, 0.15) is 0 Å². The summed E-state index contributed by atoms with van der Waals surface area (Å²) in [4.78, 5) is 0. The smallest absolute Gasteiger partial charge is 0.0633 e. The van der Waals surface area contributed by atoms with Crippen LogP contribution in [-0.2, 0) is 0 Å². The molecule has 0 aromatic carbocycles. The minimum atomic E-state index is -0.542. The van der Waals surface area contributed by atoms with Crippen molar-refractivity contribution in [2.45, 2.75) is 58.0 Å². The summed E-state index contributed by atoms with van der Waals surface area (Å²) in [5.41, 5.74) is -0.275. The first-order valence-electron chi connectivity index (χ1n) is 5.93. The summed E-state index contributed by atoms with van der Waals surface area (Å²) in [5.74, 6) is 0. The van der Waals surface area contributed by atoms with Crippen LogP contribution < -0.4 is 5.32 Å². The topological polar surface area (TPSA) is 52.5 Å². The van der Waals surface area contributed by atoms with Gasteiger partial charge in [0.2, 0.25) is 0 Å². The molecule has 0 heterocycles. The Hall–Kier alpha value is -0.120. The molecule has 0 saturated heterocycles. The van der Waals surface area contributed by atoms with Crippen LogP contribution in [0.15, 0.2) is 0 Å². The molecule has 1 aliphatic carbocycles. The third kappa shape index (κ3) is 3.16. The second-order valence-corrected chi connectivity index (χ2v) is 5.81. The van der Waals surface area contributed by atoms with E-state index >= 15 is 0 Å². The van der Waals surface area contributed by atoms with E-state index in [0.717, 1.165) is 6.42 Å². The number of aliphatic hydroxyl groups is 2. The molecule has 3 nitrogen and oxygen atoms in total. The van der Waals surface area contributed by atoms with Crippen molar-refractivity contribution in [2.75, 3.05) is 13.2 Å². The van der Waals surface area contributed by atoms with Crippen LogP contribution in [0, 0.1) is 5.41 Å². The van der Waals surface area contributed by atoms with Crippen molar-refractivity contribution in [1.82, 2.24) is 5.32 Å². The molecule has 1 aliphatic rings. The lowest BCUT2D eigenvalue weighted by molar-refractivity contribution is 0.0574. The maximum absolute atomic E-state index is 9.26. The van der Waals surface area contributed by atoms with Crippen molar-refractivity contribution >= 4 is 0 Å². The van der Waals surface area contributed by atoms with Gasteiger partial charge < -0.3 is 15.5 Å². The fourth-order valence-electron chi connectivity index (χ4n) is 2.32. The van der Waals surface area contributed by atoms with Crippen molar-refractivity contribution in [3.8, 4) is 0 Å². The average molecular weight is 215 g/mol. The third-order valence-electron chi connectivity index (χ3n) is 3.73. The van der Waals surface area contributed by atoms with Gasteiger partial charge in [0.15, 0.2) is 0 Å². The first-order valence-corrected chi connectivity index (χ1v) is 5.93. The predicted octanol–water partition coefficient (Wildman–Crippen LogP) is 1.29. The Morgan fingerprint density at radius 1 is 1.27 bits per heavy atom. The molecule has 0 bridgehead atoms. The molecule has 3 N–H and O–H groups in total. The summed E-state index contributed by atoms with van der Waals surface area (Å²) in [6.45, 7) is 6.36. The molecule has 1 saturated carbocycles. The van der Waals surface area contributed by atoms with E-state index in [0.29, 0.717) is 6.04 Å². The van der Waals surface area contributed by atoms with Gasteiger partial charge in [-0.3, -0.25) is 0 Å². The maximum Gasteiger partial charge on any atom is 0.0633 e. The van der Waals surface area contributed by atoms with E-state index in [1.165, 1.54) is 19.3 Å². The average Bonchev–Trinajstić information content (AvgIpc) is 2.21. The van der Waals surface area contributed by atoms with Crippen LogP contribution in [0.25, 0.3) is 0 Å². The SMILES string of the molecule is CC(CO)(CO)NC1CCCCC1(C)C. The summed E-state index contributed by atoms with van der Waals surface area (Å²) in [6, 6.07) is 0.399. The van der Waals surface area contributed by atoms with Gasteiger partial charge in [-0.25, -0.2) is 0 Å². The Morgan fingerprint density at radius 3 is 2.33 bits per heavy atom. The minimum Gasteiger partial charge on any atom is -0.394 e. The minimum absolute atomic E-state index is 0.0178. The van der Waals surface area contributed by atoms with Crippen LogP contribution in [0.1, 0.15) is 46.5 Å². The number of hydrogen-bond acceptors (Lipinski definition) is 3. The standard InChI is InChI=1S/C12H25NO2/c1-11(2)7-5-4-6-10(11)13-12(3,8-14)9-15/h10,13-15H,4-9H2,1-3H3. The third-order valence-corrected chi connectivity index (χ3v) is 3.73. The lowest BCUT2D eigenvalue weighted by Gasteiger charge is -2.43. The molecule has 0 amide bonds. The fourth-order valence-corrected chi connectivity index (χ4v) is 2.32. The zero-order valence-electron chi connectivity index (χ0n) is 10.2. The monoisotopic (exact) mass is 215 g/mol. The summed E-state index contributed by atoms with van der Waals surface area (Å²) in [5, 5.41) is 21.9. The molecule has 0 aliphatic heterocycles. The lowest BCUT2D eigenvalue weighted by atomic mass is 9.72. The lowest BCUT2D eigenvalue weighted by Crippen LogP contribution is -2.58. The van der Waals surface area contributed by atoms with Crippen LogP contribution in [0.3, 0.4) is 0 Å². The molecule has 1 atom stereocenters. The Kier molecular flexibility index (Phi) is 4.15. The van der Waals surface area contributed by atoms with E-state index in [4.69, 9.17) is 0 Å². The van der Waals surface area contributed by atoms with Crippen LogP contribution >= 0.6 is 0 Å². The maximum atomic E-state index is 9.26. The second-order valence-electron chi connectivity index (χ2n) is 5.81. The summed E-state index contributed by atoms with van der Waals surface area (Å²) in [6.07, 6.45) is 4.90. The molecule has 1 unspecified atom stereocenters. The zero-order chi connectivity index (χ0) is 11.5.